The lowest BCUT2D eigenvalue weighted by Gasteiger charge is -2.01. The van der Waals surface area contributed by atoms with E-state index < -0.39 is 10.0 Å². The molecule has 1 aromatic heterocycles. The Hall–Kier alpha value is -0.920. The Morgan fingerprint density at radius 1 is 1.58 bits per heavy atom. The second-order valence-electron chi connectivity index (χ2n) is 4.94. The van der Waals surface area contributed by atoms with Crippen LogP contribution in [0.15, 0.2) is 11.0 Å². The highest BCUT2D eigenvalue weighted by atomic mass is 32.2. The van der Waals surface area contributed by atoms with Gasteiger partial charge in [-0.25, -0.2) is 13.6 Å². The first-order chi connectivity index (χ1) is 8.82. The fourth-order valence-corrected chi connectivity index (χ4v) is 4.26. The Kier molecular flexibility index (Phi) is 3.98. The topological polar surface area (TPSA) is 89.3 Å². The van der Waals surface area contributed by atoms with Gasteiger partial charge in [-0.1, -0.05) is 13.3 Å². The van der Waals surface area contributed by atoms with E-state index in [4.69, 9.17) is 5.14 Å². The monoisotopic (exact) mass is 302 g/mol. The van der Waals surface area contributed by atoms with E-state index in [9.17, 15) is 13.2 Å². The minimum atomic E-state index is -3.75. The number of carbonyl (C=O) groups is 1. The molecule has 1 aliphatic carbocycles. The molecule has 0 aromatic carbocycles. The number of amides is 1. The summed E-state index contributed by atoms with van der Waals surface area (Å²) in [4.78, 5) is 13.0. The number of sulfonamides is 1. The number of carbonyl (C=O) groups excluding carboxylic acids is 1. The van der Waals surface area contributed by atoms with E-state index in [1.807, 2.05) is 0 Å². The molecule has 2 atom stereocenters. The van der Waals surface area contributed by atoms with E-state index in [0.29, 0.717) is 15.7 Å². The summed E-state index contributed by atoms with van der Waals surface area (Å²) in [5.41, 5.74) is 0. The minimum Gasteiger partial charge on any atom is -0.348 e. The Labute approximate surface area is 117 Å². The van der Waals surface area contributed by atoms with Crippen LogP contribution in [0.3, 0.4) is 0 Å². The Morgan fingerprint density at radius 3 is 2.79 bits per heavy atom. The van der Waals surface area contributed by atoms with Gasteiger partial charge in [0, 0.05) is 10.9 Å². The van der Waals surface area contributed by atoms with Crippen molar-refractivity contribution in [2.24, 2.45) is 11.1 Å². The van der Waals surface area contributed by atoms with Gasteiger partial charge in [-0.3, -0.25) is 4.79 Å². The minimum absolute atomic E-state index is 0.0450. The Balaban J connectivity index is 2.05. The molecule has 0 aliphatic heterocycles. The molecule has 0 saturated heterocycles. The number of thiophene rings is 1. The maximum atomic E-state index is 12.0. The first kappa shape index (κ1) is 14.5. The summed E-state index contributed by atoms with van der Waals surface area (Å²) in [5, 5.41) is 8.03. The van der Waals surface area contributed by atoms with Gasteiger partial charge in [0.05, 0.1) is 9.77 Å². The van der Waals surface area contributed by atoms with Crippen LogP contribution in [0.25, 0.3) is 0 Å². The van der Waals surface area contributed by atoms with E-state index in [1.54, 1.807) is 6.92 Å². The largest absolute Gasteiger partial charge is 0.348 e. The third-order valence-electron chi connectivity index (χ3n) is 3.30. The molecule has 2 unspecified atom stereocenters. The molecular formula is C12H18N2O3S2. The smallest absolute Gasteiger partial charge is 0.261 e. The molecule has 106 valence electrons. The lowest BCUT2D eigenvalue weighted by atomic mass is 10.2. The number of hydrogen-bond acceptors (Lipinski definition) is 4. The fourth-order valence-electron chi connectivity index (χ4n) is 2.21. The summed E-state index contributed by atoms with van der Waals surface area (Å²) < 4.78 is 22.6. The summed E-state index contributed by atoms with van der Waals surface area (Å²) in [6.45, 7) is 3.77. The van der Waals surface area contributed by atoms with E-state index in [1.165, 1.54) is 6.07 Å². The predicted octanol–water partition coefficient (Wildman–Crippen LogP) is 1.62. The van der Waals surface area contributed by atoms with Crippen molar-refractivity contribution in [3.63, 3.8) is 0 Å². The number of hydrogen-bond donors (Lipinski definition) is 2. The molecule has 1 aliphatic rings. The zero-order valence-corrected chi connectivity index (χ0v) is 12.6. The molecule has 3 N–H and O–H groups in total. The lowest BCUT2D eigenvalue weighted by Crippen LogP contribution is -2.26. The number of nitrogens with one attached hydrogen (secondary N) is 1. The van der Waals surface area contributed by atoms with Crippen molar-refractivity contribution < 1.29 is 13.2 Å². The van der Waals surface area contributed by atoms with Gasteiger partial charge in [0.2, 0.25) is 10.0 Å². The third-order valence-corrected chi connectivity index (χ3v) is 5.52. The molecule has 5 nitrogen and oxygen atoms in total. The van der Waals surface area contributed by atoms with Crippen LogP contribution in [-0.2, 0) is 10.0 Å². The normalized spacial score (nSPS) is 22.3. The SMILES string of the molecule is CCCC1CC1NC(=O)c1cc(S(N)(=O)=O)c(C)s1. The van der Waals surface area contributed by atoms with Gasteiger partial charge < -0.3 is 5.32 Å². The highest BCUT2D eigenvalue weighted by Crippen LogP contribution is 2.35. The second-order valence-corrected chi connectivity index (χ2v) is 7.73. The predicted molar refractivity (Wildman–Crippen MR) is 74.7 cm³/mol. The van der Waals surface area contributed by atoms with E-state index in [0.717, 1.165) is 30.6 Å². The van der Waals surface area contributed by atoms with Crippen LogP contribution in [0, 0.1) is 12.8 Å². The molecular weight excluding hydrogens is 284 g/mol. The van der Waals surface area contributed by atoms with Gasteiger partial charge >= 0.3 is 0 Å². The zero-order valence-electron chi connectivity index (χ0n) is 11.0. The van der Waals surface area contributed by atoms with Crippen molar-refractivity contribution in [2.75, 3.05) is 0 Å². The molecule has 2 rings (SSSR count). The van der Waals surface area contributed by atoms with Crippen LogP contribution in [-0.4, -0.2) is 20.4 Å². The maximum absolute atomic E-state index is 12.0. The molecule has 7 heteroatoms. The average Bonchev–Trinajstić information content (AvgIpc) is 2.87. The van der Waals surface area contributed by atoms with Crippen LogP contribution in [0.1, 0.15) is 40.7 Å². The molecule has 19 heavy (non-hydrogen) atoms. The Bertz CT molecular complexity index is 592. The van der Waals surface area contributed by atoms with E-state index in [-0.39, 0.29) is 16.8 Å². The number of nitrogens with two attached hydrogens (primary N) is 1. The average molecular weight is 302 g/mol. The standard InChI is InChI=1S/C12H18N2O3S2/c1-3-4-8-5-9(8)14-12(15)10-6-11(7(2)18-10)19(13,16)17/h6,8-9H,3-5H2,1-2H3,(H,14,15)(H2,13,16,17). The van der Waals surface area contributed by atoms with Crippen molar-refractivity contribution in [1.82, 2.24) is 5.32 Å². The van der Waals surface area contributed by atoms with Gasteiger partial charge in [-0.15, -0.1) is 11.3 Å². The quantitative estimate of drug-likeness (QED) is 0.866. The number of aryl methyl sites for hydroxylation is 1. The number of rotatable bonds is 5. The van der Waals surface area contributed by atoms with Crippen molar-refractivity contribution >= 4 is 27.3 Å². The summed E-state index contributed by atoms with van der Waals surface area (Å²) in [6, 6.07) is 1.61. The van der Waals surface area contributed by atoms with Gasteiger partial charge in [0.15, 0.2) is 0 Å². The molecule has 0 bridgehead atoms. The van der Waals surface area contributed by atoms with Crippen molar-refractivity contribution in [2.45, 2.75) is 44.0 Å². The molecule has 1 fully saturated rings. The van der Waals surface area contributed by atoms with Gasteiger partial charge in [-0.2, -0.15) is 0 Å². The summed E-state index contributed by atoms with van der Waals surface area (Å²) in [7, 11) is -3.75. The molecule has 1 heterocycles. The molecule has 0 spiro atoms. The van der Waals surface area contributed by atoms with Gasteiger partial charge in [0.1, 0.15) is 0 Å². The third kappa shape index (κ3) is 3.34. The second kappa shape index (κ2) is 5.22. The van der Waals surface area contributed by atoms with Gasteiger partial charge in [-0.05, 0) is 31.7 Å². The lowest BCUT2D eigenvalue weighted by molar-refractivity contribution is 0.0953. The van der Waals surface area contributed by atoms with E-state index >= 15 is 0 Å². The van der Waals surface area contributed by atoms with Crippen molar-refractivity contribution in [1.29, 1.82) is 0 Å². The highest BCUT2D eigenvalue weighted by molar-refractivity contribution is 7.89. The summed E-state index contributed by atoms with van der Waals surface area (Å²) in [6.07, 6.45) is 3.26. The summed E-state index contributed by atoms with van der Waals surface area (Å²) >= 11 is 1.16. The summed E-state index contributed by atoms with van der Waals surface area (Å²) in [5.74, 6) is 0.374. The maximum Gasteiger partial charge on any atom is 0.261 e. The number of primary sulfonamides is 1. The highest BCUT2D eigenvalue weighted by Gasteiger charge is 2.37. The van der Waals surface area contributed by atoms with Crippen LogP contribution >= 0.6 is 11.3 Å². The molecule has 1 saturated carbocycles. The van der Waals surface area contributed by atoms with Gasteiger partial charge in [0.25, 0.3) is 5.91 Å². The molecule has 1 amide bonds. The fraction of sp³-hybridized carbons (Fsp3) is 0.583. The molecule has 1 aromatic rings. The van der Waals surface area contributed by atoms with Crippen LogP contribution in [0.2, 0.25) is 0 Å². The van der Waals surface area contributed by atoms with Crippen LogP contribution in [0.5, 0.6) is 0 Å². The molecule has 0 radical (unpaired) electrons. The Morgan fingerprint density at radius 2 is 2.26 bits per heavy atom. The first-order valence-electron chi connectivity index (χ1n) is 6.27. The zero-order chi connectivity index (χ0) is 14.2. The first-order valence-corrected chi connectivity index (χ1v) is 8.63. The van der Waals surface area contributed by atoms with Crippen LogP contribution < -0.4 is 10.5 Å². The van der Waals surface area contributed by atoms with Crippen molar-refractivity contribution in [3.8, 4) is 0 Å². The van der Waals surface area contributed by atoms with Crippen molar-refractivity contribution in [3.05, 3.63) is 15.8 Å². The van der Waals surface area contributed by atoms with E-state index in [2.05, 4.69) is 12.2 Å². The van der Waals surface area contributed by atoms with Crippen LogP contribution in [0.4, 0.5) is 0 Å².